The molecule has 0 fully saturated rings. The van der Waals surface area contributed by atoms with Crippen LogP contribution in [-0.2, 0) is 0 Å². The summed E-state index contributed by atoms with van der Waals surface area (Å²) < 4.78 is 0. The summed E-state index contributed by atoms with van der Waals surface area (Å²) in [6, 6.07) is 1.88. The van der Waals surface area contributed by atoms with Gasteiger partial charge in [0.2, 0.25) is 0 Å². The van der Waals surface area contributed by atoms with Gasteiger partial charge in [-0.1, -0.05) is 6.92 Å². The molecule has 1 aromatic rings. The highest BCUT2D eigenvalue weighted by molar-refractivity contribution is 5.95. The quantitative estimate of drug-likeness (QED) is 0.749. The Kier molecular flexibility index (Phi) is 4.43. The molecule has 1 heterocycles. The van der Waals surface area contributed by atoms with E-state index in [9.17, 15) is 4.79 Å². The summed E-state index contributed by atoms with van der Waals surface area (Å²) in [4.78, 5) is 15.7. The maximum Gasteiger partial charge on any atom is 0.164 e. The van der Waals surface area contributed by atoms with Gasteiger partial charge in [-0.05, 0) is 37.4 Å². The van der Waals surface area contributed by atoms with Crippen molar-refractivity contribution in [3.63, 3.8) is 0 Å². The smallest absolute Gasteiger partial charge is 0.164 e. The van der Waals surface area contributed by atoms with Crippen LogP contribution in [0.2, 0.25) is 0 Å². The fraction of sp³-hybridized carbons (Fsp3) is 0.500. The van der Waals surface area contributed by atoms with Crippen molar-refractivity contribution < 1.29 is 4.79 Å². The lowest BCUT2D eigenvalue weighted by atomic mass is 10.0. The Balaban J connectivity index is 2.54. The number of Topliss-reactive ketones (excluding diaryl/α,β-unsaturated/α-hetero) is 1. The van der Waals surface area contributed by atoms with Crippen molar-refractivity contribution in [3.05, 3.63) is 29.6 Å². The molecule has 1 atom stereocenters. The van der Waals surface area contributed by atoms with Crippen LogP contribution in [-0.4, -0.2) is 17.3 Å². The Bertz CT molecular complexity index is 336. The molecule has 0 aromatic carbocycles. The number of nitrogens with zero attached hydrogens (tertiary/aromatic N) is 1. The van der Waals surface area contributed by atoms with Crippen molar-refractivity contribution in [2.75, 3.05) is 6.54 Å². The van der Waals surface area contributed by atoms with Gasteiger partial charge < -0.3 is 5.73 Å². The lowest BCUT2D eigenvalue weighted by Gasteiger charge is -2.07. The summed E-state index contributed by atoms with van der Waals surface area (Å²) in [5.41, 5.74) is 7.23. The Morgan fingerprint density at radius 1 is 1.53 bits per heavy atom. The second-order valence-electron chi connectivity index (χ2n) is 4.05. The zero-order valence-corrected chi connectivity index (χ0v) is 9.36. The molecule has 0 aliphatic heterocycles. The first-order chi connectivity index (χ1) is 7.13. The number of carbonyl (C=O) groups is 1. The number of hydrogen-bond acceptors (Lipinski definition) is 3. The molecule has 2 N–H and O–H groups in total. The van der Waals surface area contributed by atoms with Crippen molar-refractivity contribution in [1.82, 2.24) is 4.98 Å². The third-order valence-corrected chi connectivity index (χ3v) is 2.46. The first-order valence-corrected chi connectivity index (χ1v) is 5.28. The fourth-order valence-corrected chi connectivity index (χ4v) is 1.35. The molecule has 0 bridgehead atoms. The minimum atomic E-state index is 0.159. The maximum atomic E-state index is 11.7. The maximum absolute atomic E-state index is 11.7. The summed E-state index contributed by atoms with van der Waals surface area (Å²) in [7, 11) is 0. The molecule has 3 nitrogen and oxygen atoms in total. The second kappa shape index (κ2) is 5.61. The Morgan fingerprint density at radius 3 is 2.87 bits per heavy atom. The van der Waals surface area contributed by atoms with E-state index in [1.165, 1.54) is 0 Å². The summed E-state index contributed by atoms with van der Waals surface area (Å²) in [5.74, 6) is 0.568. The van der Waals surface area contributed by atoms with Gasteiger partial charge >= 0.3 is 0 Å². The van der Waals surface area contributed by atoms with Gasteiger partial charge in [-0.25, -0.2) is 0 Å². The highest BCUT2D eigenvalue weighted by Crippen LogP contribution is 2.10. The molecule has 0 radical (unpaired) electrons. The normalized spacial score (nSPS) is 12.5. The van der Waals surface area contributed by atoms with Gasteiger partial charge in [0.05, 0.1) is 0 Å². The number of aromatic nitrogens is 1. The molecule has 0 saturated heterocycles. The topological polar surface area (TPSA) is 56.0 Å². The van der Waals surface area contributed by atoms with Gasteiger partial charge in [-0.3, -0.25) is 9.78 Å². The molecule has 0 aliphatic rings. The van der Waals surface area contributed by atoms with E-state index in [0.29, 0.717) is 24.4 Å². The van der Waals surface area contributed by atoms with E-state index in [4.69, 9.17) is 5.73 Å². The Morgan fingerprint density at radius 2 is 2.27 bits per heavy atom. The molecule has 15 heavy (non-hydrogen) atoms. The van der Waals surface area contributed by atoms with E-state index in [1.807, 2.05) is 13.0 Å². The second-order valence-corrected chi connectivity index (χ2v) is 4.05. The van der Waals surface area contributed by atoms with Gasteiger partial charge in [0.25, 0.3) is 0 Å². The molecule has 82 valence electrons. The number of pyridine rings is 1. The minimum Gasteiger partial charge on any atom is -0.330 e. The molecule has 0 aliphatic carbocycles. The molecule has 0 amide bonds. The van der Waals surface area contributed by atoms with Crippen LogP contribution in [0.5, 0.6) is 0 Å². The molecular formula is C12H18N2O. The average molecular weight is 206 g/mol. The molecular weight excluding hydrogens is 188 g/mol. The van der Waals surface area contributed by atoms with Gasteiger partial charge in [0.1, 0.15) is 0 Å². The Hall–Kier alpha value is -1.22. The lowest BCUT2D eigenvalue weighted by Crippen LogP contribution is -2.12. The standard InChI is InChI=1S/C12H18N2O/c1-9(6-13)3-4-12(15)11-5-10(2)7-14-8-11/h5,7-9H,3-4,6,13H2,1-2H3. The van der Waals surface area contributed by atoms with Crippen LogP contribution in [0.25, 0.3) is 0 Å². The fourth-order valence-electron chi connectivity index (χ4n) is 1.35. The summed E-state index contributed by atoms with van der Waals surface area (Å²) in [6.45, 7) is 4.63. The van der Waals surface area contributed by atoms with Crippen LogP contribution in [0.4, 0.5) is 0 Å². The largest absolute Gasteiger partial charge is 0.330 e. The number of ketones is 1. The molecule has 1 aromatic heterocycles. The van der Waals surface area contributed by atoms with Gasteiger partial charge in [0, 0.05) is 24.4 Å². The van der Waals surface area contributed by atoms with Crippen molar-refractivity contribution in [3.8, 4) is 0 Å². The highest BCUT2D eigenvalue weighted by Gasteiger charge is 2.08. The molecule has 0 saturated carbocycles. The van der Waals surface area contributed by atoms with E-state index in [2.05, 4.69) is 11.9 Å². The van der Waals surface area contributed by atoms with Crippen molar-refractivity contribution in [2.45, 2.75) is 26.7 Å². The van der Waals surface area contributed by atoms with Crippen molar-refractivity contribution in [2.24, 2.45) is 11.7 Å². The van der Waals surface area contributed by atoms with Gasteiger partial charge in [-0.2, -0.15) is 0 Å². The van der Waals surface area contributed by atoms with Crippen LogP contribution in [0.3, 0.4) is 0 Å². The summed E-state index contributed by atoms with van der Waals surface area (Å²) >= 11 is 0. The van der Waals surface area contributed by atoms with Gasteiger partial charge in [0.15, 0.2) is 5.78 Å². The Labute approximate surface area is 90.7 Å². The zero-order chi connectivity index (χ0) is 11.3. The summed E-state index contributed by atoms with van der Waals surface area (Å²) in [6.07, 6.45) is 4.79. The van der Waals surface area contributed by atoms with Crippen LogP contribution in [0.1, 0.15) is 35.7 Å². The van der Waals surface area contributed by atoms with E-state index in [0.717, 1.165) is 12.0 Å². The predicted octanol–water partition coefficient (Wildman–Crippen LogP) is 1.95. The number of carbonyl (C=O) groups excluding carboxylic acids is 1. The molecule has 1 unspecified atom stereocenters. The van der Waals surface area contributed by atoms with E-state index >= 15 is 0 Å². The number of hydrogen-bond donors (Lipinski definition) is 1. The highest BCUT2D eigenvalue weighted by atomic mass is 16.1. The summed E-state index contributed by atoms with van der Waals surface area (Å²) in [5, 5.41) is 0. The number of nitrogens with two attached hydrogens (primary N) is 1. The van der Waals surface area contributed by atoms with Crippen LogP contribution >= 0.6 is 0 Å². The minimum absolute atomic E-state index is 0.159. The van der Waals surface area contributed by atoms with Crippen molar-refractivity contribution in [1.29, 1.82) is 0 Å². The first kappa shape index (κ1) is 11.9. The zero-order valence-electron chi connectivity index (χ0n) is 9.36. The SMILES string of the molecule is Cc1cncc(C(=O)CCC(C)CN)c1. The van der Waals surface area contributed by atoms with Crippen LogP contribution in [0.15, 0.2) is 18.5 Å². The van der Waals surface area contributed by atoms with Gasteiger partial charge in [-0.15, -0.1) is 0 Å². The average Bonchev–Trinajstić information content (AvgIpc) is 2.25. The number of aryl methyl sites for hydroxylation is 1. The van der Waals surface area contributed by atoms with Crippen LogP contribution in [0, 0.1) is 12.8 Å². The van der Waals surface area contributed by atoms with E-state index < -0.39 is 0 Å². The molecule has 3 heteroatoms. The molecule has 0 spiro atoms. The molecule has 1 rings (SSSR count). The predicted molar refractivity (Wildman–Crippen MR) is 60.8 cm³/mol. The van der Waals surface area contributed by atoms with E-state index in [-0.39, 0.29) is 5.78 Å². The monoisotopic (exact) mass is 206 g/mol. The third kappa shape index (κ3) is 3.80. The lowest BCUT2D eigenvalue weighted by molar-refractivity contribution is 0.0974. The van der Waals surface area contributed by atoms with Crippen molar-refractivity contribution >= 4 is 5.78 Å². The van der Waals surface area contributed by atoms with E-state index in [1.54, 1.807) is 12.4 Å². The third-order valence-electron chi connectivity index (χ3n) is 2.46. The van der Waals surface area contributed by atoms with Crippen LogP contribution < -0.4 is 5.73 Å². The first-order valence-electron chi connectivity index (χ1n) is 5.28. The number of rotatable bonds is 5.